The van der Waals surface area contributed by atoms with Crippen molar-refractivity contribution in [1.82, 2.24) is 0 Å². The Balaban J connectivity index is 2.17. The van der Waals surface area contributed by atoms with E-state index in [4.69, 9.17) is 28.9 Å². The summed E-state index contributed by atoms with van der Waals surface area (Å²) in [5, 5.41) is 0. The molecule has 0 fully saturated rings. The van der Waals surface area contributed by atoms with Crippen LogP contribution >= 0.6 is 34.5 Å². The van der Waals surface area contributed by atoms with Crippen molar-refractivity contribution in [2.45, 2.75) is 44.6 Å². The van der Waals surface area contributed by atoms with Crippen molar-refractivity contribution in [2.75, 3.05) is 0 Å². The molecule has 1 aliphatic carbocycles. The minimum atomic E-state index is -0.0793. The minimum absolute atomic E-state index is 0.0793. The van der Waals surface area contributed by atoms with Gasteiger partial charge in [-0.1, -0.05) is 47.7 Å². The van der Waals surface area contributed by atoms with Crippen molar-refractivity contribution in [3.05, 3.63) is 32.0 Å². The van der Waals surface area contributed by atoms with Crippen molar-refractivity contribution in [3.63, 3.8) is 0 Å². The van der Waals surface area contributed by atoms with E-state index in [1.54, 1.807) is 0 Å². The summed E-state index contributed by atoms with van der Waals surface area (Å²) in [6, 6.07) is 1.82. The van der Waals surface area contributed by atoms with Crippen LogP contribution in [0.4, 0.5) is 0 Å². The van der Waals surface area contributed by atoms with Crippen molar-refractivity contribution >= 4 is 34.5 Å². The van der Waals surface area contributed by atoms with E-state index in [2.05, 4.69) is 6.08 Å². The van der Waals surface area contributed by atoms with Gasteiger partial charge in [-0.25, -0.2) is 0 Å². The molecule has 1 heterocycles. The first-order valence-corrected chi connectivity index (χ1v) is 7.65. The van der Waals surface area contributed by atoms with E-state index < -0.39 is 0 Å². The van der Waals surface area contributed by atoms with Gasteiger partial charge in [-0.2, -0.15) is 0 Å². The second-order valence-corrected chi connectivity index (χ2v) is 6.77. The van der Waals surface area contributed by atoms with E-state index in [1.807, 2.05) is 6.07 Å². The molecule has 0 aliphatic heterocycles. The summed E-state index contributed by atoms with van der Waals surface area (Å²) in [5.74, 6) is 0. The molecule has 0 saturated carbocycles. The van der Waals surface area contributed by atoms with Crippen LogP contribution in [-0.2, 0) is 0 Å². The molecule has 0 spiro atoms. The predicted molar refractivity (Wildman–Crippen MR) is 77.1 cm³/mol. The molecule has 4 heteroatoms. The van der Waals surface area contributed by atoms with Crippen LogP contribution in [0.1, 0.15) is 50.1 Å². The smallest absolute Gasteiger partial charge is 0.0995 e. The topological polar surface area (TPSA) is 26.0 Å². The Morgan fingerprint density at radius 3 is 2.65 bits per heavy atom. The fourth-order valence-corrected chi connectivity index (χ4v) is 3.81. The summed E-state index contributed by atoms with van der Waals surface area (Å²) in [6.07, 6.45) is 9.67. The average molecular weight is 290 g/mol. The number of thiophene rings is 1. The second kappa shape index (κ2) is 6.24. The van der Waals surface area contributed by atoms with Gasteiger partial charge in [0.25, 0.3) is 0 Å². The number of rotatable bonds is 2. The van der Waals surface area contributed by atoms with Crippen LogP contribution in [0.3, 0.4) is 0 Å². The Kier molecular flexibility index (Phi) is 4.92. The SMILES string of the molecule is NC(/C1=C/CCCCCC1)c1cc(Cl)sc1Cl. The van der Waals surface area contributed by atoms with Gasteiger partial charge in [-0.3, -0.25) is 0 Å². The summed E-state index contributed by atoms with van der Waals surface area (Å²) in [6.45, 7) is 0. The third kappa shape index (κ3) is 3.47. The average Bonchev–Trinajstić information content (AvgIpc) is 2.56. The van der Waals surface area contributed by atoms with Crippen molar-refractivity contribution in [2.24, 2.45) is 5.73 Å². The third-order valence-electron chi connectivity index (χ3n) is 3.24. The molecule has 0 amide bonds. The van der Waals surface area contributed by atoms with E-state index in [9.17, 15) is 0 Å². The van der Waals surface area contributed by atoms with E-state index in [0.29, 0.717) is 4.34 Å². The van der Waals surface area contributed by atoms with Crippen LogP contribution in [-0.4, -0.2) is 0 Å². The van der Waals surface area contributed by atoms with Crippen LogP contribution in [0.15, 0.2) is 17.7 Å². The fourth-order valence-electron chi connectivity index (χ4n) is 2.26. The maximum Gasteiger partial charge on any atom is 0.0995 e. The van der Waals surface area contributed by atoms with Gasteiger partial charge in [0.1, 0.15) is 0 Å². The van der Waals surface area contributed by atoms with Gasteiger partial charge >= 0.3 is 0 Å². The van der Waals surface area contributed by atoms with Crippen molar-refractivity contribution < 1.29 is 0 Å². The number of allylic oxidation sites excluding steroid dienone is 1. The molecule has 2 rings (SSSR count). The molecular formula is C13H17Cl2NS. The number of nitrogens with two attached hydrogens (primary N) is 1. The summed E-state index contributed by atoms with van der Waals surface area (Å²) in [5.41, 5.74) is 8.60. The third-order valence-corrected chi connectivity index (χ3v) is 4.76. The first-order chi connectivity index (χ1) is 8.18. The van der Waals surface area contributed by atoms with Crippen molar-refractivity contribution in [3.8, 4) is 0 Å². The highest BCUT2D eigenvalue weighted by Gasteiger charge is 2.18. The molecule has 1 nitrogen and oxygen atoms in total. The molecule has 0 aromatic carbocycles. The Labute approximate surface area is 117 Å². The summed E-state index contributed by atoms with van der Waals surface area (Å²) < 4.78 is 1.44. The molecule has 17 heavy (non-hydrogen) atoms. The molecule has 1 aromatic heterocycles. The molecule has 1 aliphatic rings. The monoisotopic (exact) mass is 289 g/mol. The summed E-state index contributed by atoms with van der Waals surface area (Å²) in [4.78, 5) is 0. The first-order valence-electron chi connectivity index (χ1n) is 6.07. The number of hydrogen-bond donors (Lipinski definition) is 1. The van der Waals surface area contributed by atoms with E-state index in [1.165, 1.54) is 42.6 Å². The molecule has 2 N–H and O–H groups in total. The van der Waals surface area contributed by atoms with E-state index in [0.717, 1.165) is 22.7 Å². The first kappa shape index (κ1) is 13.4. The lowest BCUT2D eigenvalue weighted by Crippen LogP contribution is -2.13. The van der Waals surface area contributed by atoms with Gasteiger partial charge in [0, 0.05) is 5.56 Å². The molecule has 1 unspecified atom stereocenters. The van der Waals surface area contributed by atoms with Gasteiger partial charge in [-0.15, -0.1) is 11.3 Å². The predicted octanol–water partition coefficient (Wildman–Crippen LogP) is 5.34. The van der Waals surface area contributed by atoms with Gasteiger partial charge in [0.2, 0.25) is 0 Å². The van der Waals surface area contributed by atoms with Gasteiger partial charge in [-0.05, 0) is 31.7 Å². The molecule has 0 saturated heterocycles. The highest BCUT2D eigenvalue weighted by atomic mass is 35.5. The van der Waals surface area contributed by atoms with Gasteiger partial charge < -0.3 is 5.73 Å². The van der Waals surface area contributed by atoms with Gasteiger partial charge in [0.15, 0.2) is 0 Å². The lowest BCUT2D eigenvalue weighted by Gasteiger charge is -2.18. The fraction of sp³-hybridized carbons (Fsp3) is 0.538. The van der Waals surface area contributed by atoms with Gasteiger partial charge in [0.05, 0.1) is 14.7 Å². The Morgan fingerprint density at radius 2 is 1.94 bits per heavy atom. The second-order valence-electron chi connectivity index (χ2n) is 4.49. The molecule has 94 valence electrons. The zero-order valence-corrected chi connectivity index (χ0v) is 12.0. The highest BCUT2D eigenvalue weighted by molar-refractivity contribution is 7.20. The maximum atomic E-state index is 6.30. The Hall–Kier alpha value is -0.0200. The van der Waals surface area contributed by atoms with E-state index >= 15 is 0 Å². The van der Waals surface area contributed by atoms with Crippen LogP contribution in [0.25, 0.3) is 0 Å². The summed E-state index contributed by atoms with van der Waals surface area (Å²) >= 11 is 13.5. The van der Waals surface area contributed by atoms with Crippen LogP contribution in [0.5, 0.6) is 0 Å². The number of hydrogen-bond acceptors (Lipinski definition) is 2. The molecule has 1 aromatic rings. The molecular weight excluding hydrogens is 273 g/mol. The molecule has 1 atom stereocenters. The molecule has 0 radical (unpaired) electrons. The van der Waals surface area contributed by atoms with E-state index in [-0.39, 0.29) is 6.04 Å². The standard InChI is InChI=1S/C13H17Cl2NS/c14-11-8-10(13(15)17-11)12(16)9-6-4-2-1-3-5-7-9/h6,8,12H,1-5,7,16H2/b9-6+. The largest absolute Gasteiger partial charge is 0.320 e. The lowest BCUT2D eigenvalue weighted by atomic mass is 9.93. The lowest BCUT2D eigenvalue weighted by molar-refractivity contribution is 0.603. The maximum absolute atomic E-state index is 6.30. The zero-order chi connectivity index (χ0) is 12.3. The Bertz CT molecular complexity index is 412. The minimum Gasteiger partial charge on any atom is -0.320 e. The Morgan fingerprint density at radius 1 is 1.18 bits per heavy atom. The summed E-state index contributed by atoms with van der Waals surface area (Å²) in [7, 11) is 0. The van der Waals surface area contributed by atoms with Crippen LogP contribution in [0.2, 0.25) is 8.67 Å². The van der Waals surface area contributed by atoms with Crippen LogP contribution < -0.4 is 5.73 Å². The highest BCUT2D eigenvalue weighted by Crippen LogP contribution is 2.38. The normalized spacial score (nSPS) is 22.4. The quantitative estimate of drug-likeness (QED) is 0.731. The zero-order valence-electron chi connectivity index (χ0n) is 9.72. The molecule has 0 bridgehead atoms. The number of halogens is 2. The van der Waals surface area contributed by atoms with Crippen molar-refractivity contribution in [1.29, 1.82) is 0 Å². The van der Waals surface area contributed by atoms with Crippen LogP contribution in [0, 0.1) is 0 Å².